The molecule has 20 heavy (non-hydrogen) atoms. The number of hydrogen-bond donors (Lipinski definition) is 0. The molecule has 0 saturated carbocycles. The molecule has 1 aliphatic heterocycles. The maximum absolute atomic E-state index is 12.6. The minimum absolute atomic E-state index is 0.0465. The molecule has 0 aromatic heterocycles. The van der Waals surface area contributed by atoms with E-state index in [1.807, 2.05) is 0 Å². The maximum atomic E-state index is 12.6. The molecule has 1 aliphatic rings. The van der Waals surface area contributed by atoms with Crippen molar-refractivity contribution in [2.75, 3.05) is 20.3 Å². The molecule has 0 spiro atoms. The first-order valence-electron chi connectivity index (χ1n) is 6.59. The topological polar surface area (TPSA) is 63.7 Å². The van der Waals surface area contributed by atoms with Crippen molar-refractivity contribution in [1.29, 1.82) is 0 Å². The molecule has 5 nitrogen and oxygen atoms in total. The van der Waals surface area contributed by atoms with Gasteiger partial charge in [0.15, 0.2) is 5.78 Å². The van der Waals surface area contributed by atoms with Crippen molar-refractivity contribution in [3.8, 4) is 0 Å². The second kappa shape index (κ2) is 6.03. The van der Waals surface area contributed by atoms with Gasteiger partial charge in [-0.2, -0.15) is 4.31 Å². The molecule has 1 heterocycles. The number of rotatable bonds is 4. The highest BCUT2D eigenvalue weighted by Crippen LogP contribution is 2.22. The van der Waals surface area contributed by atoms with E-state index < -0.39 is 10.0 Å². The zero-order valence-corrected chi connectivity index (χ0v) is 12.5. The highest BCUT2D eigenvalue weighted by atomic mass is 32.2. The zero-order chi connectivity index (χ0) is 14.8. The van der Waals surface area contributed by atoms with Gasteiger partial charge in [0.05, 0.1) is 4.90 Å². The Morgan fingerprint density at radius 3 is 2.55 bits per heavy atom. The van der Waals surface area contributed by atoms with Crippen LogP contribution in [0.4, 0.5) is 0 Å². The van der Waals surface area contributed by atoms with Gasteiger partial charge in [0.25, 0.3) is 0 Å². The Morgan fingerprint density at radius 2 is 1.95 bits per heavy atom. The molecule has 0 unspecified atom stereocenters. The largest absolute Gasteiger partial charge is 0.381 e. The number of ether oxygens (including phenoxy) is 1. The third-order valence-corrected chi connectivity index (χ3v) is 5.53. The Hall–Kier alpha value is -1.24. The summed E-state index contributed by atoms with van der Waals surface area (Å²) in [6.45, 7) is 2.59. The quantitative estimate of drug-likeness (QED) is 0.793. The van der Waals surface area contributed by atoms with Crippen molar-refractivity contribution in [1.82, 2.24) is 4.31 Å². The fourth-order valence-electron chi connectivity index (χ4n) is 2.29. The van der Waals surface area contributed by atoms with Gasteiger partial charge in [-0.15, -0.1) is 0 Å². The minimum Gasteiger partial charge on any atom is -0.381 e. The number of carbonyl (C=O) groups is 1. The molecule has 0 radical (unpaired) electrons. The number of Topliss-reactive ketones (excluding diaryl/α,β-unsaturated/α-hetero) is 1. The first-order valence-corrected chi connectivity index (χ1v) is 8.03. The van der Waals surface area contributed by atoms with E-state index in [1.165, 1.54) is 23.4 Å². The summed E-state index contributed by atoms with van der Waals surface area (Å²) in [4.78, 5) is 11.5. The lowest BCUT2D eigenvalue weighted by Crippen LogP contribution is -2.40. The predicted octanol–water partition coefficient (Wildman–Crippen LogP) is 1.69. The number of nitrogens with zero attached hydrogens (tertiary/aromatic N) is 1. The van der Waals surface area contributed by atoms with E-state index in [0.29, 0.717) is 31.6 Å². The van der Waals surface area contributed by atoms with Gasteiger partial charge in [-0.3, -0.25) is 4.79 Å². The molecule has 6 heteroatoms. The number of ketones is 1. The van der Waals surface area contributed by atoms with Crippen LogP contribution in [-0.2, 0) is 14.8 Å². The molecule has 110 valence electrons. The number of sulfonamides is 1. The lowest BCUT2D eigenvalue weighted by Gasteiger charge is -2.30. The van der Waals surface area contributed by atoms with Crippen LogP contribution in [0, 0.1) is 0 Å². The third-order valence-electron chi connectivity index (χ3n) is 3.62. The van der Waals surface area contributed by atoms with Gasteiger partial charge in [0.1, 0.15) is 0 Å². The van der Waals surface area contributed by atoms with E-state index >= 15 is 0 Å². The minimum atomic E-state index is -3.57. The Labute approximate surface area is 119 Å². The van der Waals surface area contributed by atoms with Crippen molar-refractivity contribution >= 4 is 15.8 Å². The van der Waals surface area contributed by atoms with Crippen LogP contribution in [0.25, 0.3) is 0 Å². The van der Waals surface area contributed by atoms with Gasteiger partial charge in [-0.1, -0.05) is 12.1 Å². The molecule has 0 bridgehead atoms. The molecule has 1 aromatic rings. The lowest BCUT2D eigenvalue weighted by atomic mass is 10.1. The van der Waals surface area contributed by atoms with Crippen LogP contribution in [-0.4, -0.2) is 44.8 Å². The molecular formula is C14H19NO4S. The van der Waals surface area contributed by atoms with E-state index in [9.17, 15) is 13.2 Å². The Balaban J connectivity index is 2.29. The summed E-state index contributed by atoms with van der Waals surface area (Å²) in [5, 5.41) is 0. The van der Waals surface area contributed by atoms with Gasteiger partial charge in [0, 0.05) is 31.9 Å². The fourth-order valence-corrected chi connectivity index (χ4v) is 3.75. The van der Waals surface area contributed by atoms with Crippen LogP contribution in [0.2, 0.25) is 0 Å². The summed E-state index contributed by atoms with van der Waals surface area (Å²) in [7, 11) is -1.98. The van der Waals surface area contributed by atoms with Crippen LogP contribution >= 0.6 is 0 Å². The van der Waals surface area contributed by atoms with Crippen molar-refractivity contribution in [2.24, 2.45) is 0 Å². The van der Waals surface area contributed by atoms with Crippen LogP contribution in [0.3, 0.4) is 0 Å². The standard InChI is InChI=1S/C14H19NO4S/c1-11(16)12-4-3-5-14(10-12)20(17,18)15(2)13-6-8-19-9-7-13/h3-5,10,13H,6-9H2,1-2H3. The van der Waals surface area contributed by atoms with E-state index in [0.717, 1.165) is 0 Å². The van der Waals surface area contributed by atoms with E-state index in [-0.39, 0.29) is 16.7 Å². The second-order valence-electron chi connectivity index (χ2n) is 4.95. The normalized spacial score (nSPS) is 17.4. The summed E-state index contributed by atoms with van der Waals surface area (Å²) in [6.07, 6.45) is 1.39. The summed E-state index contributed by atoms with van der Waals surface area (Å²) >= 11 is 0. The first kappa shape index (κ1) is 15.2. The lowest BCUT2D eigenvalue weighted by molar-refractivity contribution is 0.0632. The van der Waals surface area contributed by atoms with E-state index in [2.05, 4.69) is 0 Å². The molecule has 0 aliphatic carbocycles. The second-order valence-corrected chi connectivity index (χ2v) is 6.95. The summed E-state index contributed by atoms with van der Waals surface area (Å²) < 4.78 is 31.8. The molecule has 0 atom stereocenters. The predicted molar refractivity (Wildman–Crippen MR) is 75.2 cm³/mol. The van der Waals surface area contributed by atoms with Gasteiger partial charge in [0.2, 0.25) is 10.0 Å². The van der Waals surface area contributed by atoms with Crippen LogP contribution < -0.4 is 0 Å². The summed E-state index contributed by atoms with van der Waals surface area (Å²) in [5.41, 5.74) is 0.409. The van der Waals surface area contributed by atoms with Crippen LogP contribution in [0.15, 0.2) is 29.2 Å². The molecule has 2 rings (SSSR count). The molecular weight excluding hydrogens is 278 g/mol. The van der Waals surface area contributed by atoms with Crippen molar-refractivity contribution in [3.63, 3.8) is 0 Å². The fraction of sp³-hybridized carbons (Fsp3) is 0.500. The van der Waals surface area contributed by atoms with Gasteiger partial charge in [-0.25, -0.2) is 8.42 Å². The van der Waals surface area contributed by atoms with Gasteiger partial charge >= 0.3 is 0 Å². The zero-order valence-electron chi connectivity index (χ0n) is 11.7. The SMILES string of the molecule is CC(=O)c1cccc(S(=O)(=O)N(C)C2CCOCC2)c1. The number of carbonyl (C=O) groups excluding carboxylic acids is 1. The average Bonchev–Trinajstić information content (AvgIpc) is 2.47. The molecule has 1 saturated heterocycles. The Kier molecular flexibility index (Phi) is 4.57. The Bertz CT molecular complexity index is 591. The molecule has 1 aromatic carbocycles. The molecule has 1 fully saturated rings. The first-order chi connectivity index (χ1) is 9.43. The van der Waals surface area contributed by atoms with E-state index in [1.54, 1.807) is 19.2 Å². The van der Waals surface area contributed by atoms with Crippen molar-refractivity contribution in [2.45, 2.75) is 30.7 Å². The Morgan fingerprint density at radius 1 is 1.30 bits per heavy atom. The van der Waals surface area contributed by atoms with Crippen molar-refractivity contribution in [3.05, 3.63) is 29.8 Å². The smallest absolute Gasteiger partial charge is 0.243 e. The highest BCUT2D eigenvalue weighted by molar-refractivity contribution is 7.89. The third kappa shape index (κ3) is 3.08. The van der Waals surface area contributed by atoms with Crippen LogP contribution in [0.5, 0.6) is 0 Å². The van der Waals surface area contributed by atoms with E-state index in [4.69, 9.17) is 4.74 Å². The average molecular weight is 297 g/mol. The van der Waals surface area contributed by atoms with Crippen molar-refractivity contribution < 1.29 is 17.9 Å². The summed E-state index contributed by atoms with van der Waals surface area (Å²) in [5.74, 6) is -0.143. The van der Waals surface area contributed by atoms with Gasteiger partial charge in [-0.05, 0) is 31.9 Å². The highest BCUT2D eigenvalue weighted by Gasteiger charge is 2.29. The van der Waals surface area contributed by atoms with Crippen LogP contribution in [0.1, 0.15) is 30.1 Å². The van der Waals surface area contributed by atoms with Gasteiger partial charge < -0.3 is 4.74 Å². The summed E-state index contributed by atoms with van der Waals surface area (Å²) in [6, 6.07) is 6.14. The molecule has 0 N–H and O–H groups in total. The maximum Gasteiger partial charge on any atom is 0.243 e. The monoisotopic (exact) mass is 297 g/mol. The number of hydrogen-bond acceptors (Lipinski definition) is 4. The molecule has 0 amide bonds. The number of benzene rings is 1.